The average molecular weight is 469 g/mol. The van der Waals surface area contributed by atoms with Crippen LogP contribution in [0.15, 0.2) is 34.6 Å². The molecule has 2 aliphatic heterocycles. The number of oxime groups is 2. The van der Waals surface area contributed by atoms with Gasteiger partial charge in [0.05, 0.1) is 0 Å². The number of Topliss-reactive ketones (excluding diaryl/α,β-unsaturated/α-hetero) is 3. The molecule has 5 atom stereocenters. The first-order chi connectivity index (χ1) is 14.5. The standard InChI is InChI=1S/C18H14Cl2N4O7/c19-9-5-8(30-23-9)17(21,16(28)29)15(27)18(22)12(26)7-4-2-1-3-6(7)11(25)10-13(18)31-24-14(10)20/h1-4,8,10,13H,5,21-22H2,(H,28,29)/t8-,10+,13-,17-,18+/m0/s1. The summed E-state index contributed by atoms with van der Waals surface area (Å²) < 4.78 is 0. The van der Waals surface area contributed by atoms with E-state index in [0.29, 0.717) is 0 Å². The number of rotatable bonds is 4. The highest BCUT2D eigenvalue weighted by Gasteiger charge is 2.68. The Morgan fingerprint density at radius 1 is 1.16 bits per heavy atom. The molecule has 11 nitrogen and oxygen atoms in total. The molecular weight excluding hydrogens is 455 g/mol. The molecule has 0 saturated heterocycles. The quantitative estimate of drug-likeness (QED) is 0.512. The molecule has 0 radical (unpaired) electrons. The second-order valence-electron chi connectivity index (χ2n) is 7.29. The minimum absolute atomic E-state index is 0.0667. The lowest BCUT2D eigenvalue weighted by molar-refractivity contribution is -0.158. The topological polar surface area (TPSA) is 184 Å². The van der Waals surface area contributed by atoms with Crippen LogP contribution in [-0.4, -0.2) is 62.1 Å². The lowest BCUT2D eigenvalue weighted by Crippen LogP contribution is -2.76. The summed E-state index contributed by atoms with van der Waals surface area (Å²) in [5.74, 6) is -6.47. The highest BCUT2D eigenvalue weighted by Crippen LogP contribution is 2.40. The highest BCUT2D eigenvalue weighted by atomic mass is 35.5. The Balaban J connectivity index is 1.91. The summed E-state index contributed by atoms with van der Waals surface area (Å²) in [5, 5.41) is 16.3. The Morgan fingerprint density at radius 2 is 1.81 bits per heavy atom. The van der Waals surface area contributed by atoms with Crippen molar-refractivity contribution in [3.63, 3.8) is 0 Å². The summed E-state index contributed by atoms with van der Waals surface area (Å²) in [6.45, 7) is 0. The van der Waals surface area contributed by atoms with Crippen molar-refractivity contribution >= 4 is 56.9 Å². The SMILES string of the molecule is N[C@](C(=O)O)(C(=O)[C@@]1(N)C(=O)c2ccccc2C(=O)[C@H]2C(Cl)=NO[C@@H]21)[C@@H]1CC(Cl)=NO1. The summed E-state index contributed by atoms with van der Waals surface area (Å²) in [6.07, 6.45) is -3.62. The van der Waals surface area contributed by atoms with Gasteiger partial charge >= 0.3 is 5.97 Å². The van der Waals surface area contributed by atoms with E-state index in [4.69, 9.17) is 44.3 Å². The van der Waals surface area contributed by atoms with Crippen molar-refractivity contribution in [1.29, 1.82) is 0 Å². The molecular formula is C18H14Cl2N4O7. The fourth-order valence-electron chi connectivity index (χ4n) is 3.91. The zero-order valence-electron chi connectivity index (χ0n) is 15.5. The van der Waals surface area contributed by atoms with Gasteiger partial charge in [0.15, 0.2) is 40.3 Å². The molecule has 162 valence electrons. The molecule has 0 saturated carbocycles. The van der Waals surface area contributed by atoms with E-state index in [2.05, 4.69) is 10.3 Å². The van der Waals surface area contributed by atoms with Crippen LogP contribution in [0.4, 0.5) is 0 Å². The maximum absolute atomic E-state index is 13.7. The molecule has 1 aromatic carbocycles. The number of halogens is 2. The number of hydrogen-bond donors (Lipinski definition) is 3. The Hall–Kier alpha value is -2.86. The normalized spacial score (nSPS) is 31.3. The average Bonchev–Trinajstić information content (AvgIpc) is 3.35. The second-order valence-corrected chi connectivity index (χ2v) is 8.12. The minimum atomic E-state index is -2.87. The molecule has 0 fully saturated rings. The number of ketones is 3. The van der Waals surface area contributed by atoms with E-state index in [1.807, 2.05) is 0 Å². The van der Waals surface area contributed by atoms with Gasteiger partial charge in [-0.3, -0.25) is 14.4 Å². The number of nitrogens with two attached hydrogens (primary N) is 2. The molecule has 4 rings (SSSR count). The Kier molecular flexibility index (Phi) is 4.89. The predicted molar refractivity (Wildman–Crippen MR) is 106 cm³/mol. The number of carboxylic acid groups (broad SMARTS) is 1. The van der Waals surface area contributed by atoms with E-state index in [-0.39, 0.29) is 27.9 Å². The molecule has 2 heterocycles. The molecule has 13 heteroatoms. The van der Waals surface area contributed by atoms with Gasteiger partial charge in [0.2, 0.25) is 5.54 Å². The molecule has 3 aliphatic rings. The molecule has 0 bridgehead atoms. The Bertz CT molecular complexity index is 1110. The van der Waals surface area contributed by atoms with Crippen molar-refractivity contribution in [2.45, 2.75) is 29.7 Å². The van der Waals surface area contributed by atoms with Crippen molar-refractivity contribution in [2.24, 2.45) is 27.7 Å². The Labute approximate surface area is 183 Å². The van der Waals surface area contributed by atoms with Crippen LogP contribution in [0.1, 0.15) is 27.1 Å². The van der Waals surface area contributed by atoms with Crippen molar-refractivity contribution in [1.82, 2.24) is 0 Å². The predicted octanol–water partition coefficient (Wildman–Crippen LogP) is 0.0228. The summed E-state index contributed by atoms with van der Waals surface area (Å²) in [4.78, 5) is 62.5. The number of benzene rings is 1. The molecule has 31 heavy (non-hydrogen) atoms. The lowest BCUT2D eigenvalue weighted by atomic mass is 9.70. The third-order valence-electron chi connectivity index (χ3n) is 5.60. The molecule has 0 amide bonds. The van der Waals surface area contributed by atoms with E-state index in [1.165, 1.54) is 24.3 Å². The van der Waals surface area contributed by atoms with Gasteiger partial charge < -0.3 is 26.2 Å². The van der Waals surface area contributed by atoms with Gasteiger partial charge in [-0.2, -0.15) is 0 Å². The van der Waals surface area contributed by atoms with Crippen molar-refractivity contribution < 1.29 is 34.0 Å². The molecule has 5 N–H and O–H groups in total. The van der Waals surface area contributed by atoms with Gasteiger partial charge in [-0.15, -0.1) is 0 Å². The van der Waals surface area contributed by atoms with Crippen LogP contribution < -0.4 is 11.5 Å². The van der Waals surface area contributed by atoms with Gasteiger partial charge in [-0.1, -0.05) is 57.8 Å². The van der Waals surface area contributed by atoms with E-state index in [9.17, 15) is 24.3 Å². The van der Waals surface area contributed by atoms with Crippen LogP contribution >= 0.6 is 23.2 Å². The molecule has 0 aromatic heterocycles. The monoisotopic (exact) mass is 468 g/mol. The van der Waals surface area contributed by atoms with E-state index in [0.717, 1.165) is 0 Å². The van der Waals surface area contributed by atoms with Crippen LogP contribution in [0.25, 0.3) is 0 Å². The molecule has 1 aliphatic carbocycles. The number of carbonyl (C=O) groups excluding carboxylic acids is 3. The first kappa shape index (κ1) is 21.4. The highest BCUT2D eigenvalue weighted by molar-refractivity contribution is 6.68. The van der Waals surface area contributed by atoms with Crippen molar-refractivity contribution in [3.8, 4) is 0 Å². The number of nitrogens with zero attached hydrogens (tertiary/aromatic N) is 2. The number of hydrogen-bond acceptors (Lipinski definition) is 10. The fraction of sp³-hybridized carbons (Fsp3) is 0.333. The smallest absolute Gasteiger partial charge is 0.335 e. The van der Waals surface area contributed by atoms with Crippen LogP contribution in [0.2, 0.25) is 0 Å². The number of carbonyl (C=O) groups is 4. The minimum Gasteiger partial charge on any atom is -0.479 e. The first-order valence-corrected chi connectivity index (χ1v) is 9.61. The van der Waals surface area contributed by atoms with Crippen LogP contribution in [0.5, 0.6) is 0 Å². The second kappa shape index (κ2) is 7.09. The third-order valence-corrected chi connectivity index (χ3v) is 6.13. The van der Waals surface area contributed by atoms with Gasteiger partial charge in [0.1, 0.15) is 11.1 Å². The molecule has 0 spiro atoms. The summed E-state index contributed by atoms with van der Waals surface area (Å²) in [7, 11) is 0. The van der Waals surface area contributed by atoms with Crippen molar-refractivity contribution in [3.05, 3.63) is 35.4 Å². The lowest BCUT2D eigenvalue weighted by Gasteiger charge is -2.38. The van der Waals surface area contributed by atoms with Crippen LogP contribution in [0, 0.1) is 5.92 Å². The fourth-order valence-corrected chi connectivity index (χ4v) is 4.34. The van der Waals surface area contributed by atoms with Crippen molar-refractivity contribution in [2.75, 3.05) is 0 Å². The van der Waals surface area contributed by atoms with E-state index in [1.54, 1.807) is 0 Å². The summed E-state index contributed by atoms with van der Waals surface area (Å²) in [6, 6.07) is 5.59. The maximum Gasteiger partial charge on any atom is 0.335 e. The largest absolute Gasteiger partial charge is 0.479 e. The number of carboxylic acids is 1. The van der Waals surface area contributed by atoms with Crippen LogP contribution in [0.3, 0.4) is 0 Å². The van der Waals surface area contributed by atoms with Gasteiger partial charge in [0.25, 0.3) is 0 Å². The number of aliphatic carboxylic acids is 1. The third kappa shape index (κ3) is 2.81. The maximum atomic E-state index is 13.7. The van der Waals surface area contributed by atoms with Gasteiger partial charge in [-0.25, -0.2) is 4.79 Å². The first-order valence-electron chi connectivity index (χ1n) is 8.86. The Morgan fingerprint density at radius 3 is 2.39 bits per heavy atom. The molecule has 0 unspecified atom stereocenters. The zero-order valence-corrected chi connectivity index (χ0v) is 17.0. The zero-order chi connectivity index (χ0) is 22.7. The van der Waals surface area contributed by atoms with E-state index >= 15 is 0 Å². The number of fused-ring (bicyclic) bond motifs is 2. The van der Waals surface area contributed by atoms with Gasteiger partial charge in [0, 0.05) is 17.5 Å². The van der Waals surface area contributed by atoms with Crippen LogP contribution in [-0.2, 0) is 19.3 Å². The summed E-state index contributed by atoms with van der Waals surface area (Å²) in [5.41, 5.74) is 6.43. The molecule has 1 aromatic rings. The summed E-state index contributed by atoms with van der Waals surface area (Å²) >= 11 is 11.8. The van der Waals surface area contributed by atoms with E-state index < -0.39 is 52.5 Å². The van der Waals surface area contributed by atoms with Gasteiger partial charge in [-0.05, 0) is 0 Å².